The van der Waals surface area contributed by atoms with Crippen LogP contribution in [0, 0.1) is 0 Å². The van der Waals surface area contributed by atoms with Crippen molar-refractivity contribution in [3.05, 3.63) is 42.2 Å². The highest BCUT2D eigenvalue weighted by molar-refractivity contribution is 5.84. The molecular weight excluding hydrogens is 234 g/mol. The van der Waals surface area contributed by atoms with E-state index in [2.05, 4.69) is 46.5 Å². The van der Waals surface area contributed by atoms with Gasteiger partial charge < -0.3 is 5.32 Å². The molecule has 3 heteroatoms. The molecule has 0 radical (unpaired) electrons. The van der Waals surface area contributed by atoms with E-state index >= 15 is 0 Å². The topological polar surface area (TPSA) is 28.2 Å². The number of hydrogen-bond acceptors (Lipinski definition) is 3. The van der Waals surface area contributed by atoms with E-state index in [9.17, 15) is 0 Å². The Morgan fingerprint density at radius 2 is 2.21 bits per heavy atom. The van der Waals surface area contributed by atoms with Gasteiger partial charge in [0.25, 0.3) is 0 Å². The highest BCUT2D eigenvalue weighted by atomic mass is 15.2. The number of likely N-dealkylation sites (tertiary alicyclic amines) is 1. The maximum atomic E-state index is 4.38. The second-order valence-corrected chi connectivity index (χ2v) is 5.38. The van der Waals surface area contributed by atoms with Crippen molar-refractivity contribution in [2.45, 2.75) is 25.4 Å². The lowest BCUT2D eigenvalue weighted by Crippen LogP contribution is -2.43. The maximum Gasteiger partial charge on any atom is 0.0346 e. The molecule has 1 atom stereocenters. The average Bonchev–Trinajstić information content (AvgIpc) is 2.48. The zero-order chi connectivity index (χ0) is 13.1. The normalized spacial score (nSPS) is 20.8. The standard InChI is InChI=1S/C16H21N3/c1-17-15-6-4-8-19(12-15)11-14-10-18-9-13-5-2-3-7-16(13)14/h2-3,5,7,9-10,15,17H,4,6,8,11-12H2,1H3. The number of nitrogens with one attached hydrogen (secondary N) is 1. The van der Waals surface area contributed by atoms with E-state index in [1.807, 2.05) is 12.4 Å². The molecule has 1 fully saturated rings. The fourth-order valence-electron chi connectivity index (χ4n) is 2.98. The Morgan fingerprint density at radius 1 is 1.32 bits per heavy atom. The van der Waals surface area contributed by atoms with Crippen LogP contribution in [-0.4, -0.2) is 36.1 Å². The summed E-state index contributed by atoms with van der Waals surface area (Å²) in [6.45, 7) is 3.34. The van der Waals surface area contributed by atoms with E-state index in [1.54, 1.807) is 0 Å². The number of pyridine rings is 1. The molecule has 3 nitrogen and oxygen atoms in total. The second-order valence-electron chi connectivity index (χ2n) is 5.38. The van der Waals surface area contributed by atoms with Crippen molar-refractivity contribution in [2.75, 3.05) is 20.1 Å². The first-order valence-electron chi connectivity index (χ1n) is 7.08. The number of fused-ring (bicyclic) bond motifs is 1. The smallest absolute Gasteiger partial charge is 0.0346 e. The Morgan fingerprint density at radius 3 is 3.11 bits per heavy atom. The Labute approximate surface area is 114 Å². The molecule has 0 bridgehead atoms. The van der Waals surface area contributed by atoms with Gasteiger partial charge in [-0.05, 0) is 37.4 Å². The number of benzene rings is 1. The number of nitrogens with zero attached hydrogens (tertiary/aromatic N) is 2. The van der Waals surface area contributed by atoms with Crippen LogP contribution in [0.2, 0.25) is 0 Å². The summed E-state index contributed by atoms with van der Waals surface area (Å²) in [4.78, 5) is 6.91. The van der Waals surface area contributed by atoms with Crippen molar-refractivity contribution in [3.63, 3.8) is 0 Å². The minimum atomic E-state index is 0.636. The van der Waals surface area contributed by atoms with E-state index in [0.29, 0.717) is 6.04 Å². The van der Waals surface area contributed by atoms with Gasteiger partial charge in [0.15, 0.2) is 0 Å². The van der Waals surface area contributed by atoms with Gasteiger partial charge in [-0.25, -0.2) is 0 Å². The van der Waals surface area contributed by atoms with Crippen molar-refractivity contribution >= 4 is 10.8 Å². The molecule has 1 aliphatic rings. The SMILES string of the molecule is CNC1CCCN(Cc2cncc3ccccc23)C1. The maximum absolute atomic E-state index is 4.38. The Balaban J connectivity index is 1.81. The molecule has 3 rings (SSSR count). The number of aromatic nitrogens is 1. The van der Waals surface area contributed by atoms with Crippen LogP contribution in [0.3, 0.4) is 0 Å². The lowest BCUT2D eigenvalue weighted by Gasteiger charge is -2.32. The fraction of sp³-hybridized carbons (Fsp3) is 0.438. The van der Waals surface area contributed by atoms with E-state index < -0.39 is 0 Å². The number of rotatable bonds is 3. The summed E-state index contributed by atoms with van der Waals surface area (Å²) in [5.41, 5.74) is 1.34. The first-order chi connectivity index (χ1) is 9.36. The minimum Gasteiger partial charge on any atom is -0.316 e. The van der Waals surface area contributed by atoms with Crippen molar-refractivity contribution in [2.24, 2.45) is 0 Å². The summed E-state index contributed by atoms with van der Waals surface area (Å²) < 4.78 is 0. The van der Waals surface area contributed by atoms with Crippen LogP contribution < -0.4 is 5.32 Å². The van der Waals surface area contributed by atoms with Gasteiger partial charge in [0.2, 0.25) is 0 Å². The molecule has 1 N–H and O–H groups in total. The van der Waals surface area contributed by atoms with Crippen LogP contribution >= 0.6 is 0 Å². The summed E-state index contributed by atoms with van der Waals surface area (Å²) in [6.07, 6.45) is 6.54. The number of piperidine rings is 1. The van der Waals surface area contributed by atoms with Gasteiger partial charge >= 0.3 is 0 Å². The van der Waals surface area contributed by atoms with E-state index in [0.717, 1.165) is 13.1 Å². The van der Waals surface area contributed by atoms with Gasteiger partial charge in [-0.15, -0.1) is 0 Å². The predicted octanol–water partition coefficient (Wildman–Crippen LogP) is 2.42. The predicted molar refractivity (Wildman–Crippen MR) is 79.1 cm³/mol. The van der Waals surface area contributed by atoms with Gasteiger partial charge in [0.05, 0.1) is 0 Å². The molecule has 0 saturated carbocycles. The second kappa shape index (κ2) is 5.68. The molecule has 1 aromatic carbocycles. The Hall–Kier alpha value is -1.45. The molecular formula is C16H21N3. The summed E-state index contributed by atoms with van der Waals surface area (Å²) in [5, 5.41) is 5.97. The van der Waals surface area contributed by atoms with Gasteiger partial charge in [0.1, 0.15) is 0 Å². The van der Waals surface area contributed by atoms with Crippen LogP contribution in [0.1, 0.15) is 18.4 Å². The van der Waals surface area contributed by atoms with Gasteiger partial charge in [-0.1, -0.05) is 24.3 Å². The molecule has 0 amide bonds. The zero-order valence-corrected chi connectivity index (χ0v) is 11.5. The minimum absolute atomic E-state index is 0.636. The highest BCUT2D eigenvalue weighted by Crippen LogP contribution is 2.20. The van der Waals surface area contributed by atoms with E-state index in [4.69, 9.17) is 0 Å². The molecule has 100 valence electrons. The Bertz CT molecular complexity index is 547. The third-order valence-electron chi connectivity index (χ3n) is 4.06. The third-order valence-corrected chi connectivity index (χ3v) is 4.06. The molecule has 0 spiro atoms. The Kier molecular flexibility index (Phi) is 3.76. The van der Waals surface area contributed by atoms with Crippen LogP contribution in [0.25, 0.3) is 10.8 Å². The van der Waals surface area contributed by atoms with Gasteiger partial charge in [-0.2, -0.15) is 0 Å². The van der Waals surface area contributed by atoms with Crippen LogP contribution in [-0.2, 0) is 6.54 Å². The van der Waals surface area contributed by atoms with Crippen LogP contribution in [0.5, 0.6) is 0 Å². The van der Waals surface area contributed by atoms with Crippen molar-refractivity contribution in [1.82, 2.24) is 15.2 Å². The van der Waals surface area contributed by atoms with E-state index in [-0.39, 0.29) is 0 Å². The lowest BCUT2D eigenvalue weighted by molar-refractivity contribution is 0.188. The quantitative estimate of drug-likeness (QED) is 0.913. The third kappa shape index (κ3) is 2.77. The van der Waals surface area contributed by atoms with Gasteiger partial charge in [-0.3, -0.25) is 9.88 Å². The summed E-state index contributed by atoms with van der Waals surface area (Å²) in [7, 11) is 2.06. The van der Waals surface area contributed by atoms with Crippen LogP contribution in [0.15, 0.2) is 36.7 Å². The molecule has 2 aromatic rings. The molecule has 1 saturated heterocycles. The van der Waals surface area contributed by atoms with Gasteiger partial charge in [0, 0.05) is 36.9 Å². The fourth-order valence-corrected chi connectivity index (χ4v) is 2.98. The average molecular weight is 255 g/mol. The van der Waals surface area contributed by atoms with Crippen LogP contribution in [0.4, 0.5) is 0 Å². The number of likely N-dealkylation sites (N-methyl/N-ethyl adjacent to an activating group) is 1. The largest absolute Gasteiger partial charge is 0.316 e. The van der Waals surface area contributed by atoms with Crippen molar-refractivity contribution in [3.8, 4) is 0 Å². The lowest BCUT2D eigenvalue weighted by atomic mass is 10.0. The molecule has 1 aliphatic heterocycles. The zero-order valence-electron chi connectivity index (χ0n) is 11.5. The molecule has 1 aromatic heterocycles. The molecule has 19 heavy (non-hydrogen) atoms. The first-order valence-corrected chi connectivity index (χ1v) is 7.08. The first kappa shape index (κ1) is 12.6. The summed E-state index contributed by atoms with van der Waals surface area (Å²) in [6, 6.07) is 9.16. The van der Waals surface area contributed by atoms with Crippen molar-refractivity contribution < 1.29 is 0 Å². The molecule has 0 aliphatic carbocycles. The van der Waals surface area contributed by atoms with E-state index in [1.165, 1.54) is 35.7 Å². The summed E-state index contributed by atoms with van der Waals surface area (Å²) >= 11 is 0. The van der Waals surface area contributed by atoms with Crippen molar-refractivity contribution in [1.29, 1.82) is 0 Å². The number of hydrogen-bond donors (Lipinski definition) is 1. The highest BCUT2D eigenvalue weighted by Gasteiger charge is 2.18. The monoisotopic (exact) mass is 255 g/mol. The molecule has 2 heterocycles. The summed E-state index contributed by atoms with van der Waals surface area (Å²) in [5.74, 6) is 0. The molecule has 1 unspecified atom stereocenters.